The molecule has 0 bridgehead atoms. The first-order valence-corrected chi connectivity index (χ1v) is 5.15. The molecule has 5 nitrogen and oxygen atoms in total. The van der Waals surface area contributed by atoms with Crippen LogP contribution in [0.3, 0.4) is 0 Å². The van der Waals surface area contributed by atoms with Gasteiger partial charge < -0.3 is 9.67 Å². The first-order valence-electron chi connectivity index (χ1n) is 5.15. The Balaban J connectivity index is 2.67. The molecule has 1 aromatic heterocycles. The number of rotatable bonds is 5. The van der Waals surface area contributed by atoms with Crippen LogP contribution in [-0.2, 0) is 17.8 Å². The van der Waals surface area contributed by atoms with Gasteiger partial charge in [0.25, 0.3) is 0 Å². The zero-order chi connectivity index (χ0) is 11.4. The quantitative estimate of drug-likeness (QED) is 0.796. The Kier molecular flexibility index (Phi) is 3.82. The van der Waals surface area contributed by atoms with Crippen molar-refractivity contribution < 1.29 is 9.90 Å². The number of carboxylic acids is 1. The summed E-state index contributed by atoms with van der Waals surface area (Å²) in [7, 11) is 0. The maximum atomic E-state index is 10.5. The second-order valence-electron chi connectivity index (χ2n) is 3.81. The Morgan fingerprint density at radius 1 is 1.53 bits per heavy atom. The minimum atomic E-state index is -0.762. The molecule has 1 atom stereocenters. The third kappa shape index (κ3) is 3.04. The van der Waals surface area contributed by atoms with Gasteiger partial charge in [0.1, 0.15) is 11.6 Å². The summed E-state index contributed by atoms with van der Waals surface area (Å²) < 4.78 is 2.01. The van der Waals surface area contributed by atoms with Gasteiger partial charge in [-0.2, -0.15) is 0 Å². The lowest BCUT2D eigenvalue weighted by molar-refractivity contribution is -0.137. The largest absolute Gasteiger partial charge is 0.481 e. The summed E-state index contributed by atoms with van der Waals surface area (Å²) in [4.78, 5) is 10.5. The highest BCUT2D eigenvalue weighted by Crippen LogP contribution is 2.11. The van der Waals surface area contributed by atoms with Crippen molar-refractivity contribution in [2.75, 3.05) is 0 Å². The van der Waals surface area contributed by atoms with Crippen molar-refractivity contribution in [2.24, 2.45) is 5.92 Å². The van der Waals surface area contributed by atoms with Gasteiger partial charge in [0, 0.05) is 19.4 Å². The Bertz CT molecular complexity index is 346. The van der Waals surface area contributed by atoms with Crippen LogP contribution < -0.4 is 0 Å². The number of hydrogen-bond acceptors (Lipinski definition) is 3. The average molecular weight is 211 g/mol. The fraction of sp³-hybridized carbons (Fsp3) is 0.700. The van der Waals surface area contributed by atoms with Crippen LogP contribution in [-0.4, -0.2) is 25.8 Å². The SMILES string of the molecule is CCn1c(C)nnc1CC(C)CC(=O)O. The molecule has 0 aliphatic heterocycles. The van der Waals surface area contributed by atoms with Crippen molar-refractivity contribution in [2.45, 2.75) is 40.2 Å². The van der Waals surface area contributed by atoms with Crippen molar-refractivity contribution >= 4 is 5.97 Å². The summed E-state index contributed by atoms with van der Waals surface area (Å²) in [6.45, 7) is 6.68. The van der Waals surface area contributed by atoms with Crippen LogP contribution in [0, 0.1) is 12.8 Å². The molecule has 1 aromatic rings. The molecule has 15 heavy (non-hydrogen) atoms. The molecule has 0 fully saturated rings. The van der Waals surface area contributed by atoms with E-state index in [2.05, 4.69) is 10.2 Å². The maximum Gasteiger partial charge on any atom is 0.303 e. The molecule has 0 spiro atoms. The maximum absolute atomic E-state index is 10.5. The summed E-state index contributed by atoms with van der Waals surface area (Å²) in [5.41, 5.74) is 0. The second-order valence-corrected chi connectivity index (χ2v) is 3.81. The standard InChI is InChI=1S/C10H17N3O2/c1-4-13-8(3)11-12-9(13)5-7(2)6-10(14)15/h7H,4-6H2,1-3H3,(H,14,15). The summed E-state index contributed by atoms with van der Waals surface area (Å²) in [6.07, 6.45) is 0.844. The van der Waals surface area contributed by atoms with Gasteiger partial charge in [0.05, 0.1) is 0 Å². The molecule has 1 heterocycles. The Morgan fingerprint density at radius 2 is 2.20 bits per heavy atom. The molecular weight excluding hydrogens is 194 g/mol. The van der Waals surface area contributed by atoms with Crippen molar-refractivity contribution in [3.8, 4) is 0 Å². The van der Waals surface area contributed by atoms with Crippen LogP contribution in [0.5, 0.6) is 0 Å². The van der Waals surface area contributed by atoms with E-state index in [0.29, 0.717) is 6.42 Å². The van der Waals surface area contributed by atoms with Crippen molar-refractivity contribution in [3.63, 3.8) is 0 Å². The first-order chi connectivity index (χ1) is 7.04. The van der Waals surface area contributed by atoms with Gasteiger partial charge in [0.15, 0.2) is 0 Å². The Hall–Kier alpha value is -1.39. The molecule has 0 aliphatic rings. The van der Waals surface area contributed by atoms with Crippen LogP contribution in [0.2, 0.25) is 0 Å². The van der Waals surface area contributed by atoms with Gasteiger partial charge in [-0.3, -0.25) is 4.79 Å². The Labute approximate surface area is 89.1 Å². The molecule has 0 radical (unpaired) electrons. The van der Waals surface area contributed by atoms with E-state index in [1.54, 1.807) is 0 Å². The molecule has 0 amide bonds. The smallest absolute Gasteiger partial charge is 0.303 e. The molecular formula is C10H17N3O2. The lowest BCUT2D eigenvalue weighted by Crippen LogP contribution is -2.11. The normalized spacial score (nSPS) is 12.7. The lowest BCUT2D eigenvalue weighted by atomic mass is 10.0. The van der Waals surface area contributed by atoms with Gasteiger partial charge in [-0.1, -0.05) is 6.92 Å². The van der Waals surface area contributed by atoms with E-state index in [1.807, 2.05) is 25.3 Å². The topological polar surface area (TPSA) is 68.0 Å². The first kappa shape index (κ1) is 11.7. The van der Waals surface area contributed by atoms with Gasteiger partial charge in [0.2, 0.25) is 0 Å². The zero-order valence-corrected chi connectivity index (χ0v) is 9.40. The predicted octanol–water partition coefficient (Wildman–Crippen LogP) is 1.26. The summed E-state index contributed by atoms with van der Waals surface area (Å²) >= 11 is 0. The van der Waals surface area contributed by atoms with Crippen molar-refractivity contribution in [3.05, 3.63) is 11.6 Å². The molecule has 1 rings (SSSR count). The van der Waals surface area contributed by atoms with Crippen LogP contribution in [0.4, 0.5) is 0 Å². The van der Waals surface area contributed by atoms with E-state index in [1.165, 1.54) is 0 Å². The highest BCUT2D eigenvalue weighted by Gasteiger charge is 2.13. The average Bonchev–Trinajstić information content (AvgIpc) is 2.45. The van der Waals surface area contributed by atoms with Gasteiger partial charge >= 0.3 is 5.97 Å². The molecule has 0 saturated carbocycles. The van der Waals surface area contributed by atoms with Gasteiger partial charge in [-0.25, -0.2) is 0 Å². The van der Waals surface area contributed by atoms with E-state index >= 15 is 0 Å². The third-order valence-electron chi connectivity index (χ3n) is 2.38. The number of aromatic nitrogens is 3. The van der Waals surface area contributed by atoms with Crippen LogP contribution in [0.1, 0.15) is 31.9 Å². The number of carboxylic acid groups (broad SMARTS) is 1. The monoisotopic (exact) mass is 211 g/mol. The zero-order valence-electron chi connectivity index (χ0n) is 9.40. The molecule has 1 N–H and O–H groups in total. The molecule has 0 saturated heterocycles. The van der Waals surface area contributed by atoms with E-state index in [9.17, 15) is 4.79 Å². The summed E-state index contributed by atoms with van der Waals surface area (Å²) in [5.74, 6) is 1.09. The van der Waals surface area contributed by atoms with Crippen LogP contribution >= 0.6 is 0 Å². The van der Waals surface area contributed by atoms with E-state index < -0.39 is 5.97 Å². The fourth-order valence-electron chi connectivity index (χ4n) is 1.67. The molecule has 84 valence electrons. The van der Waals surface area contributed by atoms with E-state index in [0.717, 1.165) is 18.2 Å². The van der Waals surface area contributed by atoms with Crippen molar-refractivity contribution in [1.29, 1.82) is 0 Å². The number of carbonyl (C=O) groups is 1. The van der Waals surface area contributed by atoms with E-state index in [4.69, 9.17) is 5.11 Å². The summed E-state index contributed by atoms with van der Waals surface area (Å²) in [5, 5.41) is 16.7. The second kappa shape index (κ2) is 4.91. The lowest BCUT2D eigenvalue weighted by Gasteiger charge is -2.09. The number of nitrogens with zero attached hydrogens (tertiary/aromatic N) is 3. The van der Waals surface area contributed by atoms with Gasteiger partial charge in [-0.05, 0) is 19.8 Å². The van der Waals surface area contributed by atoms with Crippen LogP contribution in [0.25, 0.3) is 0 Å². The fourth-order valence-corrected chi connectivity index (χ4v) is 1.67. The molecule has 1 unspecified atom stereocenters. The number of aryl methyl sites for hydroxylation is 1. The van der Waals surface area contributed by atoms with Crippen LogP contribution in [0.15, 0.2) is 0 Å². The van der Waals surface area contributed by atoms with E-state index in [-0.39, 0.29) is 12.3 Å². The minimum Gasteiger partial charge on any atom is -0.481 e. The highest BCUT2D eigenvalue weighted by atomic mass is 16.4. The molecule has 0 aliphatic carbocycles. The van der Waals surface area contributed by atoms with Crippen molar-refractivity contribution in [1.82, 2.24) is 14.8 Å². The Morgan fingerprint density at radius 3 is 2.73 bits per heavy atom. The molecule has 5 heteroatoms. The number of aliphatic carboxylic acids is 1. The molecule has 0 aromatic carbocycles. The highest BCUT2D eigenvalue weighted by molar-refractivity contribution is 5.66. The summed E-state index contributed by atoms with van der Waals surface area (Å²) in [6, 6.07) is 0. The number of hydrogen-bond donors (Lipinski definition) is 1. The van der Waals surface area contributed by atoms with Gasteiger partial charge in [-0.15, -0.1) is 10.2 Å². The third-order valence-corrected chi connectivity index (χ3v) is 2.38. The predicted molar refractivity (Wildman–Crippen MR) is 55.6 cm³/mol. The minimum absolute atomic E-state index is 0.0939.